The van der Waals surface area contributed by atoms with Crippen molar-refractivity contribution in [1.82, 2.24) is 5.43 Å². The number of nitrogens with one attached hydrogen (secondary N) is 1. The number of rotatable bonds is 5. The maximum absolute atomic E-state index is 13.9. The van der Waals surface area contributed by atoms with E-state index < -0.39 is 0 Å². The highest BCUT2D eigenvalue weighted by atomic mass is 35.5. The molecule has 1 atom stereocenters. The van der Waals surface area contributed by atoms with Crippen LogP contribution in [-0.4, -0.2) is 7.11 Å². The molecular weight excluding hydrogens is 291 g/mol. The minimum atomic E-state index is -0.300. The summed E-state index contributed by atoms with van der Waals surface area (Å²) in [6.07, 6.45) is 0.377. The maximum Gasteiger partial charge on any atom is 0.126 e. The fourth-order valence-electron chi connectivity index (χ4n) is 2.28. The lowest BCUT2D eigenvalue weighted by Gasteiger charge is -2.20. The van der Waals surface area contributed by atoms with Gasteiger partial charge in [-0.2, -0.15) is 0 Å². The Morgan fingerprint density at radius 2 is 2.05 bits per heavy atom. The van der Waals surface area contributed by atoms with Crippen LogP contribution in [0.25, 0.3) is 0 Å². The first-order valence-corrected chi connectivity index (χ1v) is 6.97. The molecule has 2 aromatic carbocycles. The van der Waals surface area contributed by atoms with Gasteiger partial charge in [0.25, 0.3) is 0 Å². The molecule has 21 heavy (non-hydrogen) atoms. The molecule has 0 aromatic heterocycles. The van der Waals surface area contributed by atoms with Gasteiger partial charge in [0.05, 0.1) is 13.2 Å². The van der Waals surface area contributed by atoms with Crippen molar-refractivity contribution in [3.8, 4) is 5.75 Å². The SMILES string of the molecule is COc1cc(C)ccc1C(Cc1cc(Cl)ccc1F)NN. The van der Waals surface area contributed by atoms with Crippen molar-refractivity contribution in [2.75, 3.05) is 7.11 Å². The molecule has 0 saturated carbocycles. The van der Waals surface area contributed by atoms with Gasteiger partial charge >= 0.3 is 0 Å². The number of nitrogens with two attached hydrogens (primary N) is 1. The average molecular weight is 309 g/mol. The third-order valence-corrected chi connectivity index (χ3v) is 3.63. The van der Waals surface area contributed by atoms with Gasteiger partial charge in [-0.05, 0) is 48.7 Å². The molecule has 2 aromatic rings. The van der Waals surface area contributed by atoms with Crippen molar-refractivity contribution in [3.05, 3.63) is 63.9 Å². The van der Waals surface area contributed by atoms with E-state index in [1.807, 2.05) is 25.1 Å². The molecule has 3 N–H and O–H groups in total. The quantitative estimate of drug-likeness (QED) is 0.656. The highest BCUT2D eigenvalue weighted by Gasteiger charge is 2.17. The summed E-state index contributed by atoms with van der Waals surface area (Å²) >= 11 is 5.93. The molecule has 0 heterocycles. The van der Waals surface area contributed by atoms with Crippen LogP contribution < -0.4 is 16.0 Å². The Morgan fingerprint density at radius 1 is 1.29 bits per heavy atom. The molecule has 1 unspecified atom stereocenters. The molecule has 0 amide bonds. The standard InChI is InChI=1S/C16H18ClFN2O/c1-10-3-5-13(16(7-10)21-2)15(20-19)9-11-8-12(17)4-6-14(11)18/h3-8,15,20H,9,19H2,1-2H3. The zero-order valence-electron chi connectivity index (χ0n) is 12.0. The molecule has 112 valence electrons. The Kier molecular flexibility index (Phi) is 5.17. The molecule has 5 heteroatoms. The summed E-state index contributed by atoms with van der Waals surface area (Å²) < 4.78 is 19.3. The maximum atomic E-state index is 13.9. The summed E-state index contributed by atoms with van der Waals surface area (Å²) in [6, 6.07) is 10.1. The van der Waals surface area contributed by atoms with Crippen molar-refractivity contribution in [2.45, 2.75) is 19.4 Å². The Morgan fingerprint density at radius 3 is 2.71 bits per heavy atom. The van der Waals surface area contributed by atoms with E-state index in [1.165, 1.54) is 12.1 Å². The van der Waals surface area contributed by atoms with E-state index >= 15 is 0 Å². The van der Waals surface area contributed by atoms with Gasteiger partial charge in [-0.15, -0.1) is 0 Å². The number of methoxy groups -OCH3 is 1. The lowest BCUT2D eigenvalue weighted by atomic mass is 9.97. The van der Waals surface area contributed by atoms with Gasteiger partial charge in [0.2, 0.25) is 0 Å². The lowest BCUT2D eigenvalue weighted by Crippen LogP contribution is -2.30. The van der Waals surface area contributed by atoms with Crippen molar-refractivity contribution in [3.63, 3.8) is 0 Å². The third kappa shape index (κ3) is 3.73. The minimum absolute atomic E-state index is 0.270. The average Bonchev–Trinajstić information content (AvgIpc) is 2.48. The molecule has 0 spiro atoms. The van der Waals surface area contributed by atoms with Crippen LogP contribution in [-0.2, 0) is 6.42 Å². The smallest absolute Gasteiger partial charge is 0.126 e. The molecular formula is C16H18ClFN2O. The Labute approximate surface area is 128 Å². The normalized spacial score (nSPS) is 12.2. The van der Waals surface area contributed by atoms with Crippen molar-refractivity contribution in [1.29, 1.82) is 0 Å². The molecule has 0 aliphatic heterocycles. The van der Waals surface area contributed by atoms with Gasteiger partial charge in [-0.3, -0.25) is 11.3 Å². The van der Waals surface area contributed by atoms with Gasteiger partial charge in [0.15, 0.2) is 0 Å². The number of hydrazine groups is 1. The van der Waals surface area contributed by atoms with Gasteiger partial charge < -0.3 is 4.74 Å². The van der Waals surface area contributed by atoms with Gasteiger partial charge in [0.1, 0.15) is 11.6 Å². The summed E-state index contributed by atoms with van der Waals surface area (Å²) in [5.41, 5.74) is 5.19. The summed E-state index contributed by atoms with van der Waals surface area (Å²) in [6.45, 7) is 1.98. The van der Waals surface area contributed by atoms with Gasteiger partial charge in [0, 0.05) is 10.6 Å². The molecule has 3 nitrogen and oxygen atoms in total. The van der Waals surface area contributed by atoms with E-state index in [1.54, 1.807) is 13.2 Å². The first kappa shape index (κ1) is 15.8. The zero-order valence-corrected chi connectivity index (χ0v) is 12.7. The minimum Gasteiger partial charge on any atom is -0.496 e. The lowest BCUT2D eigenvalue weighted by molar-refractivity contribution is 0.398. The second-order valence-electron chi connectivity index (χ2n) is 4.90. The van der Waals surface area contributed by atoms with Crippen LogP contribution in [0.15, 0.2) is 36.4 Å². The molecule has 0 fully saturated rings. The number of ether oxygens (including phenoxy) is 1. The largest absolute Gasteiger partial charge is 0.496 e. The van der Waals surface area contributed by atoms with Crippen LogP contribution in [0.5, 0.6) is 5.75 Å². The molecule has 2 rings (SSSR count). The highest BCUT2D eigenvalue weighted by Crippen LogP contribution is 2.29. The summed E-state index contributed by atoms with van der Waals surface area (Å²) in [7, 11) is 1.60. The predicted octanol–water partition coefficient (Wildman–Crippen LogP) is 3.54. The summed E-state index contributed by atoms with van der Waals surface area (Å²) in [5, 5.41) is 0.498. The van der Waals surface area contributed by atoms with E-state index in [4.69, 9.17) is 22.2 Å². The topological polar surface area (TPSA) is 47.3 Å². The van der Waals surface area contributed by atoms with Crippen LogP contribution in [0, 0.1) is 12.7 Å². The van der Waals surface area contributed by atoms with Crippen LogP contribution in [0.2, 0.25) is 5.02 Å². The second-order valence-corrected chi connectivity index (χ2v) is 5.34. The summed E-state index contributed by atoms with van der Waals surface area (Å²) in [5.74, 6) is 6.06. The first-order chi connectivity index (χ1) is 10.0. The summed E-state index contributed by atoms with van der Waals surface area (Å²) in [4.78, 5) is 0. The van der Waals surface area contributed by atoms with Crippen LogP contribution >= 0.6 is 11.6 Å². The monoisotopic (exact) mass is 308 g/mol. The highest BCUT2D eigenvalue weighted by molar-refractivity contribution is 6.30. The zero-order chi connectivity index (χ0) is 15.4. The number of benzene rings is 2. The molecule has 0 aliphatic rings. The van der Waals surface area contributed by atoms with Crippen molar-refractivity contribution < 1.29 is 9.13 Å². The second kappa shape index (κ2) is 6.89. The number of halogens is 2. The van der Waals surface area contributed by atoms with E-state index in [0.717, 1.165) is 16.9 Å². The van der Waals surface area contributed by atoms with E-state index in [0.29, 0.717) is 17.0 Å². The predicted molar refractivity (Wildman–Crippen MR) is 82.9 cm³/mol. The third-order valence-electron chi connectivity index (χ3n) is 3.40. The van der Waals surface area contributed by atoms with E-state index in [-0.39, 0.29) is 11.9 Å². The van der Waals surface area contributed by atoms with Crippen LogP contribution in [0.1, 0.15) is 22.7 Å². The Hall–Kier alpha value is -1.62. The van der Waals surface area contributed by atoms with Crippen LogP contribution in [0.3, 0.4) is 0 Å². The Balaban J connectivity index is 2.34. The van der Waals surface area contributed by atoms with E-state index in [2.05, 4.69) is 5.43 Å². The fraction of sp³-hybridized carbons (Fsp3) is 0.250. The first-order valence-electron chi connectivity index (χ1n) is 6.59. The fourth-order valence-corrected chi connectivity index (χ4v) is 2.48. The molecule has 0 aliphatic carbocycles. The van der Waals surface area contributed by atoms with Gasteiger partial charge in [-0.25, -0.2) is 4.39 Å². The van der Waals surface area contributed by atoms with Gasteiger partial charge in [-0.1, -0.05) is 23.7 Å². The Bertz CT molecular complexity index is 634. The molecule has 0 radical (unpaired) electrons. The van der Waals surface area contributed by atoms with Crippen molar-refractivity contribution in [2.24, 2.45) is 5.84 Å². The van der Waals surface area contributed by atoms with Crippen molar-refractivity contribution >= 4 is 11.6 Å². The van der Waals surface area contributed by atoms with E-state index in [9.17, 15) is 4.39 Å². The number of aryl methyl sites for hydroxylation is 1. The number of hydrogen-bond acceptors (Lipinski definition) is 3. The van der Waals surface area contributed by atoms with Crippen LogP contribution in [0.4, 0.5) is 4.39 Å². The molecule has 0 bridgehead atoms. The molecule has 0 saturated heterocycles. The number of hydrogen-bond donors (Lipinski definition) is 2.